The topological polar surface area (TPSA) is 94.0 Å². The van der Waals surface area contributed by atoms with Crippen LogP contribution in [0.25, 0.3) is 0 Å². The Kier molecular flexibility index (Phi) is 2.91. The Morgan fingerprint density at radius 3 is 2.71 bits per heavy atom. The Hall–Kier alpha value is -2.56. The molecule has 0 saturated heterocycles. The number of nitrogens with zero attached hydrogens (tertiary/aromatic N) is 1. The van der Waals surface area contributed by atoms with Crippen molar-refractivity contribution in [3.63, 3.8) is 0 Å². The van der Waals surface area contributed by atoms with E-state index in [1.807, 2.05) is 12.1 Å². The Morgan fingerprint density at radius 1 is 1.29 bits per heavy atom. The Bertz CT molecular complexity index is 539. The number of hydrogen-bond acceptors (Lipinski definition) is 4. The van der Waals surface area contributed by atoms with E-state index in [9.17, 15) is 4.79 Å². The van der Waals surface area contributed by atoms with Gasteiger partial charge in [-0.05, 0) is 30.3 Å². The molecule has 5 nitrogen and oxygen atoms in total. The fourth-order valence-corrected chi connectivity index (χ4v) is 1.42. The molecule has 0 unspecified atom stereocenters. The van der Waals surface area contributed by atoms with Crippen molar-refractivity contribution in [2.24, 2.45) is 5.73 Å². The number of nitrogens with two attached hydrogens (primary N) is 2. The van der Waals surface area contributed by atoms with Gasteiger partial charge in [0.1, 0.15) is 0 Å². The molecule has 1 aromatic heterocycles. The zero-order chi connectivity index (χ0) is 12.3. The molecular formula is C12H12N4O. The van der Waals surface area contributed by atoms with Gasteiger partial charge in [0.15, 0.2) is 0 Å². The van der Waals surface area contributed by atoms with E-state index in [1.165, 1.54) is 0 Å². The number of rotatable bonds is 3. The standard InChI is InChI=1S/C12H12N4O/c13-10-6-8(12(14)17)3-4-11(10)16-9-2-1-5-15-7-9/h1-7,16H,13H2,(H2,14,17). The van der Waals surface area contributed by atoms with Crippen molar-refractivity contribution in [2.45, 2.75) is 0 Å². The molecule has 5 heteroatoms. The van der Waals surface area contributed by atoms with Crippen LogP contribution in [0.2, 0.25) is 0 Å². The smallest absolute Gasteiger partial charge is 0.248 e. The molecule has 2 rings (SSSR count). The Morgan fingerprint density at radius 2 is 2.12 bits per heavy atom. The number of aromatic nitrogens is 1. The molecule has 5 N–H and O–H groups in total. The van der Waals surface area contributed by atoms with Crippen LogP contribution in [0.15, 0.2) is 42.7 Å². The number of amides is 1. The molecule has 1 aromatic carbocycles. The summed E-state index contributed by atoms with van der Waals surface area (Å²) >= 11 is 0. The highest BCUT2D eigenvalue weighted by Crippen LogP contribution is 2.23. The summed E-state index contributed by atoms with van der Waals surface area (Å²) in [6, 6.07) is 8.56. The van der Waals surface area contributed by atoms with Crippen molar-refractivity contribution in [2.75, 3.05) is 11.1 Å². The van der Waals surface area contributed by atoms with Gasteiger partial charge in [-0.3, -0.25) is 9.78 Å². The summed E-state index contributed by atoms with van der Waals surface area (Å²) in [5.41, 5.74) is 13.4. The van der Waals surface area contributed by atoms with Gasteiger partial charge in [-0.25, -0.2) is 0 Å². The average Bonchev–Trinajstić information content (AvgIpc) is 2.33. The number of carbonyl (C=O) groups excluding carboxylic acids is 1. The summed E-state index contributed by atoms with van der Waals surface area (Å²) in [5, 5.41) is 3.10. The lowest BCUT2D eigenvalue weighted by molar-refractivity contribution is 0.100. The van der Waals surface area contributed by atoms with Gasteiger partial charge in [-0.15, -0.1) is 0 Å². The van der Waals surface area contributed by atoms with Crippen molar-refractivity contribution in [3.8, 4) is 0 Å². The highest BCUT2D eigenvalue weighted by atomic mass is 16.1. The zero-order valence-corrected chi connectivity index (χ0v) is 9.05. The molecule has 0 bridgehead atoms. The number of anilines is 3. The number of benzene rings is 1. The molecule has 2 aromatic rings. The van der Waals surface area contributed by atoms with Gasteiger partial charge in [-0.2, -0.15) is 0 Å². The lowest BCUT2D eigenvalue weighted by Gasteiger charge is -2.09. The average molecular weight is 228 g/mol. The molecule has 0 atom stereocenters. The van der Waals surface area contributed by atoms with E-state index in [-0.39, 0.29) is 0 Å². The molecule has 0 aliphatic carbocycles. The van der Waals surface area contributed by atoms with Crippen molar-refractivity contribution in [3.05, 3.63) is 48.3 Å². The minimum atomic E-state index is -0.496. The van der Waals surface area contributed by atoms with Gasteiger partial charge >= 0.3 is 0 Å². The van der Waals surface area contributed by atoms with E-state index in [4.69, 9.17) is 11.5 Å². The Labute approximate surface area is 98.5 Å². The van der Waals surface area contributed by atoms with Crippen molar-refractivity contribution >= 4 is 23.0 Å². The number of nitrogen functional groups attached to an aromatic ring is 1. The van der Waals surface area contributed by atoms with Gasteiger partial charge in [0, 0.05) is 11.8 Å². The first-order valence-electron chi connectivity index (χ1n) is 5.03. The van der Waals surface area contributed by atoms with Gasteiger partial charge in [0.2, 0.25) is 5.91 Å². The van der Waals surface area contributed by atoms with E-state index in [1.54, 1.807) is 30.6 Å². The number of nitrogens with one attached hydrogen (secondary N) is 1. The molecular weight excluding hydrogens is 216 g/mol. The molecule has 1 amide bonds. The van der Waals surface area contributed by atoms with Gasteiger partial charge in [-0.1, -0.05) is 0 Å². The number of primary amides is 1. The first kappa shape index (κ1) is 10.9. The monoisotopic (exact) mass is 228 g/mol. The highest BCUT2D eigenvalue weighted by molar-refractivity contribution is 5.95. The third-order valence-electron chi connectivity index (χ3n) is 2.28. The predicted octanol–water partition coefficient (Wildman–Crippen LogP) is 1.51. The quantitative estimate of drug-likeness (QED) is 0.694. The second-order valence-electron chi connectivity index (χ2n) is 3.53. The van der Waals surface area contributed by atoms with Gasteiger partial charge in [0.05, 0.1) is 23.3 Å². The molecule has 0 fully saturated rings. The normalized spacial score (nSPS) is 9.88. The summed E-state index contributed by atoms with van der Waals surface area (Å²) in [6.07, 6.45) is 3.37. The first-order chi connectivity index (χ1) is 8.16. The second-order valence-corrected chi connectivity index (χ2v) is 3.53. The van der Waals surface area contributed by atoms with E-state index in [2.05, 4.69) is 10.3 Å². The van der Waals surface area contributed by atoms with E-state index in [0.717, 1.165) is 5.69 Å². The van der Waals surface area contributed by atoms with Crippen LogP contribution in [0.4, 0.5) is 17.1 Å². The fourth-order valence-electron chi connectivity index (χ4n) is 1.42. The van der Waals surface area contributed by atoms with Crippen LogP contribution < -0.4 is 16.8 Å². The van der Waals surface area contributed by atoms with Crippen LogP contribution in [0, 0.1) is 0 Å². The van der Waals surface area contributed by atoms with Crippen LogP contribution in [-0.4, -0.2) is 10.9 Å². The molecule has 0 aliphatic rings. The van der Waals surface area contributed by atoms with Crippen molar-refractivity contribution in [1.29, 1.82) is 0 Å². The Balaban J connectivity index is 2.26. The van der Waals surface area contributed by atoms with Gasteiger partial charge in [0.25, 0.3) is 0 Å². The van der Waals surface area contributed by atoms with Crippen LogP contribution in [0.5, 0.6) is 0 Å². The fraction of sp³-hybridized carbons (Fsp3) is 0. The lowest BCUT2D eigenvalue weighted by Crippen LogP contribution is -2.11. The number of pyridine rings is 1. The van der Waals surface area contributed by atoms with Crippen LogP contribution >= 0.6 is 0 Å². The minimum absolute atomic E-state index is 0.388. The second kappa shape index (κ2) is 4.52. The number of hydrogen-bond donors (Lipinski definition) is 3. The summed E-state index contributed by atoms with van der Waals surface area (Å²) in [5.74, 6) is -0.496. The summed E-state index contributed by atoms with van der Waals surface area (Å²) < 4.78 is 0. The third kappa shape index (κ3) is 2.52. The largest absolute Gasteiger partial charge is 0.397 e. The van der Waals surface area contributed by atoms with E-state index >= 15 is 0 Å². The number of carbonyl (C=O) groups is 1. The van der Waals surface area contributed by atoms with E-state index in [0.29, 0.717) is 16.9 Å². The molecule has 86 valence electrons. The summed E-state index contributed by atoms with van der Waals surface area (Å²) in [4.78, 5) is 14.9. The van der Waals surface area contributed by atoms with E-state index < -0.39 is 5.91 Å². The molecule has 0 radical (unpaired) electrons. The minimum Gasteiger partial charge on any atom is -0.397 e. The predicted molar refractivity (Wildman–Crippen MR) is 66.9 cm³/mol. The first-order valence-corrected chi connectivity index (χ1v) is 5.03. The molecule has 0 aliphatic heterocycles. The van der Waals surface area contributed by atoms with Crippen LogP contribution in [0.1, 0.15) is 10.4 Å². The summed E-state index contributed by atoms with van der Waals surface area (Å²) in [7, 11) is 0. The van der Waals surface area contributed by atoms with Crippen LogP contribution in [0.3, 0.4) is 0 Å². The highest BCUT2D eigenvalue weighted by Gasteiger charge is 2.04. The maximum Gasteiger partial charge on any atom is 0.248 e. The lowest BCUT2D eigenvalue weighted by atomic mass is 10.1. The SMILES string of the molecule is NC(=O)c1ccc(Nc2cccnc2)c(N)c1. The van der Waals surface area contributed by atoms with Crippen molar-refractivity contribution < 1.29 is 4.79 Å². The van der Waals surface area contributed by atoms with Crippen LogP contribution in [-0.2, 0) is 0 Å². The van der Waals surface area contributed by atoms with Gasteiger partial charge < -0.3 is 16.8 Å². The zero-order valence-electron chi connectivity index (χ0n) is 9.05. The van der Waals surface area contributed by atoms with Crippen molar-refractivity contribution in [1.82, 2.24) is 4.98 Å². The molecule has 0 saturated carbocycles. The molecule has 0 spiro atoms. The third-order valence-corrected chi connectivity index (χ3v) is 2.28. The molecule has 1 heterocycles. The maximum atomic E-state index is 11.0. The molecule has 17 heavy (non-hydrogen) atoms. The maximum absolute atomic E-state index is 11.0. The summed E-state index contributed by atoms with van der Waals surface area (Å²) in [6.45, 7) is 0.